The number of hydrogen-bond acceptors (Lipinski definition) is 2. The normalized spacial score (nSPS) is 22.1. The Labute approximate surface area is 104 Å². The zero-order chi connectivity index (χ0) is 12.0. The van der Waals surface area contributed by atoms with Crippen LogP contribution in [0.25, 0.3) is 11.5 Å². The fourth-order valence-corrected chi connectivity index (χ4v) is 2.50. The standard InChI is InChI=1S/C14H12ClNO/c1-8-11(15)6-7-12-13(8)9-4-2-3-5-10(9)14(16)17-12/h2-7,12H,16H2,1H3. The van der Waals surface area contributed by atoms with Gasteiger partial charge in [-0.1, -0.05) is 29.8 Å². The Morgan fingerprint density at radius 3 is 2.71 bits per heavy atom. The monoisotopic (exact) mass is 245 g/mol. The first-order valence-electron chi connectivity index (χ1n) is 5.49. The van der Waals surface area contributed by atoms with Gasteiger partial charge >= 0.3 is 0 Å². The smallest absolute Gasteiger partial charge is 0.193 e. The molecule has 86 valence electrons. The molecular formula is C14H12ClNO. The van der Waals surface area contributed by atoms with Gasteiger partial charge in [-0.3, -0.25) is 0 Å². The van der Waals surface area contributed by atoms with E-state index in [1.165, 1.54) is 0 Å². The molecule has 2 nitrogen and oxygen atoms in total. The van der Waals surface area contributed by atoms with Crippen LogP contribution < -0.4 is 16.2 Å². The fraction of sp³-hybridized carbons (Fsp3) is 0.143. The quantitative estimate of drug-likeness (QED) is 0.749. The molecule has 17 heavy (non-hydrogen) atoms. The van der Waals surface area contributed by atoms with Crippen molar-refractivity contribution in [2.75, 3.05) is 0 Å². The van der Waals surface area contributed by atoms with E-state index in [4.69, 9.17) is 22.1 Å². The minimum absolute atomic E-state index is 0.118. The number of benzene rings is 1. The molecular weight excluding hydrogens is 234 g/mol. The topological polar surface area (TPSA) is 35.2 Å². The molecule has 0 spiro atoms. The summed E-state index contributed by atoms with van der Waals surface area (Å²) in [5, 5.41) is 2.81. The van der Waals surface area contributed by atoms with Crippen molar-refractivity contribution >= 4 is 23.1 Å². The molecule has 1 heterocycles. The van der Waals surface area contributed by atoms with Crippen LogP contribution in [0.5, 0.6) is 0 Å². The van der Waals surface area contributed by atoms with Gasteiger partial charge in [0.1, 0.15) is 6.10 Å². The van der Waals surface area contributed by atoms with Crippen molar-refractivity contribution in [1.82, 2.24) is 0 Å². The second-order valence-electron chi connectivity index (χ2n) is 4.19. The van der Waals surface area contributed by atoms with Gasteiger partial charge in [0.2, 0.25) is 0 Å². The Bertz CT molecular complexity index is 670. The van der Waals surface area contributed by atoms with Crippen LogP contribution in [0.15, 0.2) is 47.0 Å². The van der Waals surface area contributed by atoms with Crippen LogP contribution in [-0.4, -0.2) is 6.10 Å². The van der Waals surface area contributed by atoms with Crippen LogP contribution in [-0.2, 0) is 4.74 Å². The van der Waals surface area contributed by atoms with Gasteiger partial charge in [-0.25, -0.2) is 0 Å². The molecule has 0 radical (unpaired) electrons. The number of fused-ring (bicyclic) bond motifs is 2. The molecule has 2 N–H and O–H groups in total. The van der Waals surface area contributed by atoms with E-state index in [9.17, 15) is 0 Å². The van der Waals surface area contributed by atoms with E-state index < -0.39 is 0 Å². The van der Waals surface area contributed by atoms with Crippen molar-refractivity contribution in [3.63, 3.8) is 0 Å². The van der Waals surface area contributed by atoms with Crippen molar-refractivity contribution < 1.29 is 4.74 Å². The van der Waals surface area contributed by atoms with Crippen LogP contribution in [0.2, 0.25) is 0 Å². The summed E-state index contributed by atoms with van der Waals surface area (Å²) < 4.78 is 5.71. The minimum atomic E-state index is -0.118. The van der Waals surface area contributed by atoms with Crippen LogP contribution >= 0.6 is 11.6 Å². The summed E-state index contributed by atoms with van der Waals surface area (Å²) in [5.41, 5.74) is 8.10. The lowest BCUT2D eigenvalue weighted by Crippen LogP contribution is -2.41. The summed E-state index contributed by atoms with van der Waals surface area (Å²) >= 11 is 6.17. The Morgan fingerprint density at radius 1 is 1.24 bits per heavy atom. The average Bonchev–Trinajstić information content (AvgIpc) is 2.34. The van der Waals surface area contributed by atoms with Crippen molar-refractivity contribution in [3.8, 4) is 0 Å². The first-order chi connectivity index (χ1) is 8.18. The molecule has 1 unspecified atom stereocenters. The van der Waals surface area contributed by atoms with Gasteiger partial charge in [0.05, 0.1) is 0 Å². The Hall–Kier alpha value is -1.67. The SMILES string of the molecule is CC1=C(Cl)C=CC2OC(N)=c3ccccc3=C12. The fourth-order valence-electron chi connectivity index (χ4n) is 2.32. The average molecular weight is 246 g/mol. The molecule has 0 amide bonds. The molecule has 2 aliphatic rings. The number of nitrogens with two attached hydrogens (primary N) is 1. The molecule has 0 bridgehead atoms. The first-order valence-corrected chi connectivity index (χ1v) is 5.87. The third-order valence-corrected chi connectivity index (χ3v) is 3.61. The summed E-state index contributed by atoms with van der Waals surface area (Å²) in [7, 11) is 0. The zero-order valence-electron chi connectivity index (χ0n) is 9.41. The number of halogens is 1. The van der Waals surface area contributed by atoms with Crippen molar-refractivity contribution in [1.29, 1.82) is 0 Å². The Balaban J connectivity index is 2.47. The lowest BCUT2D eigenvalue weighted by Gasteiger charge is -2.27. The van der Waals surface area contributed by atoms with Gasteiger partial charge in [-0.2, -0.15) is 0 Å². The Morgan fingerprint density at radius 2 is 1.94 bits per heavy atom. The van der Waals surface area contributed by atoms with Crippen molar-refractivity contribution in [3.05, 3.63) is 57.5 Å². The Kier molecular flexibility index (Phi) is 2.26. The second kappa shape index (κ2) is 3.67. The number of ether oxygens (including phenoxy) is 1. The third-order valence-electron chi connectivity index (χ3n) is 3.20. The molecule has 3 heteroatoms. The number of hydrogen-bond donors (Lipinski definition) is 1. The van der Waals surface area contributed by atoms with Gasteiger partial charge in [-0.05, 0) is 35.9 Å². The summed E-state index contributed by atoms with van der Waals surface area (Å²) in [6.45, 7) is 2.01. The maximum atomic E-state index is 6.17. The predicted octanol–water partition coefficient (Wildman–Crippen LogP) is 1.34. The number of allylic oxidation sites excluding steroid dienone is 2. The molecule has 1 aliphatic carbocycles. The highest BCUT2D eigenvalue weighted by molar-refractivity contribution is 6.32. The van der Waals surface area contributed by atoms with Crippen LogP contribution in [0.1, 0.15) is 6.92 Å². The van der Waals surface area contributed by atoms with Gasteiger partial charge in [0.25, 0.3) is 0 Å². The van der Waals surface area contributed by atoms with Crippen LogP contribution in [0.3, 0.4) is 0 Å². The molecule has 1 aliphatic heterocycles. The van der Waals surface area contributed by atoms with E-state index in [1.54, 1.807) is 0 Å². The first kappa shape index (κ1) is 10.5. The van der Waals surface area contributed by atoms with Crippen LogP contribution in [0, 0.1) is 0 Å². The van der Waals surface area contributed by atoms with E-state index in [0.717, 1.165) is 26.6 Å². The van der Waals surface area contributed by atoms with Crippen LogP contribution in [0.4, 0.5) is 0 Å². The zero-order valence-corrected chi connectivity index (χ0v) is 10.2. The molecule has 1 atom stereocenters. The predicted molar refractivity (Wildman–Crippen MR) is 69.3 cm³/mol. The largest absolute Gasteiger partial charge is 0.466 e. The molecule has 0 saturated carbocycles. The lowest BCUT2D eigenvalue weighted by molar-refractivity contribution is 0.247. The van der Waals surface area contributed by atoms with E-state index in [-0.39, 0.29) is 6.10 Å². The molecule has 3 rings (SSSR count). The van der Waals surface area contributed by atoms with Gasteiger partial charge in [0.15, 0.2) is 5.88 Å². The maximum Gasteiger partial charge on any atom is 0.193 e. The van der Waals surface area contributed by atoms with E-state index in [2.05, 4.69) is 6.07 Å². The summed E-state index contributed by atoms with van der Waals surface area (Å²) in [4.78, 5) is 0. The number of rotatable bonds is 0. The van der Waals surface area contributed by atoms with Gasteiger partial charge in [0, 0.05) is 15.8 Å². The highest BCUT2D eigenvalue weighted by atomic mass is 35.5. The van der Waals surface area contributed by atoms with Crippen molar-refractivity contribution in [2.24, 2.45) is 5.73 Å². The maximum absolute atomic E-state index is 6.17. The molecule has 0 aromatic heterocycles. The lowest BCUT2D eigenvalue weighted by atomic mass is 9.92. The summed E-state index contributed by atoms with van der Waals surface area (Å²) in [6, 6.07) is 7.98. The molecule has 1 aromatic carbocycles. The summed E-state index contributed by atoms with van der Waals surface area (Å²) in [6.07, 6.45) is 3.69. The second-order valence-corrected chi connectivity index (χ2v) is 4.60. The van der Waals surface area contributed by atoms with E-state index in [1.807, 2.05) is 37.3 Å². The van der Waals surface area contributed by atoms with Crippen molar-refractivity contribution in [2.45, 2.75) is 13.0 Å². The highest BCUT2D eigenvalue weighted by Gasteiger charge is 2.24. The highest BCUT2D eigenvalue weighted by Crippen LogP contribution is 2.30. The summed E-state index contributed by atoms with van der Waals surface area (Å²) in [5.74, 6) is 0.477. The molecule has 0 saturated heterocycles. The van der Waals surface area contributed by atoms with Gasteiger partial charge < -0.3 is 10.5 Å². The minimum Gasteiger partial charge on any atom is -0.466 e. The van der Waals surface area contributed by atoms with E-state index in [0.29, 0.717) is 5.88 Å². The molecule has 0 fully saturated rings. The molecule has 1 aromatic rings. The third kappa shape index (κ3) is 1.48. The van der Waals surface area contributed by atoms with Gasteiger partial charge in [-0.15, -0.1) is 0 Å². The van der Waals surface area contributed by atoms with E-state index >= 15 is 0 Å².